The van der Waals surface area contributed by atoms with Crippen LogP contribution in [0.4, 0.5) is 9.59 Å². The van der Waals surface area contributed by atoms with E-state index in [9.17, 15) is 34.2 Å². The Balaban J connectivity index is 2.70. The molecule has 0 radical (unpaired) electrons. The lowest BCUT2D eigenvalue weighted by Gasteiger charge is -2.25. The SMILES string of the molecule is NN(Cc1ccccc1)C(=O)N[C@@H](CO)C(=O)N[C@@H](CO)C(=O)NN(CCC(=O)O)C(=O)O. The Labute approximate surface area is 187 Å². The van der Waals surface area contributed by atoms with Gasteiger partial charge in [-0.05, 0) is 5.56 Å². The van der Waals surface area contributed by atoms with Crippen LogP contribution in [0.25, 0.3) is 0 Å². The van der Waals surface area contributed by atoms with Crippen LogP contribution in [0.15, 0.2) is 30.3 Å². The monoisotopic (exact) mass is 470 g/mol. The summed E-state index contributed by atoms with van der Waals surface area (Å²) >= 11 is 0. The molecule has 5 amide bonds. The molecule has 1 aromatic carbocycles. The zero-order valence-electron chi connectivity index (χ0n) is 17.4. The summed E-state index contributed by atoms with van der Waals surface area (Å²) in [4.78, 5) is 58.5. The van der Waals surface area contributed by atoms with Crippen molar-refractivity contribution in [3.05, 3.63) is 35.9 Å². The van der Waals surface area contributed by atoms with E-state index in [1.165, 1.54) is 0 Å². The normalized spacial score (nSPS) is 12.1. The second-order valence-corrected chi connectivity index (χ2v) is 6.60. The van der Waals surface area contributed by atoms with Crippen molar-refractivity contribution in [1.82, 2.24) is 26.1 Å². The third-order valence-corrected chi connectivity index (χ3v) is 4.09. The maximum atomic E-state index is 12.4. The number of carbonyl (C=O) groups is 5. The Morgan fingerprint density at radius 1 is 0.909 bits per heavy atom. The van der Waals surface area contributed by atoms with E-state index in [-0.39, 0.29) is 11.6 Å². The average molecular weight is 470 g/mol. The standard InChI is InChI=1S/C18H26N6O9/c19-23(8-11-4-2-1-3-5-11)17(31)21-12(9-25)15(29)20-13(10-26)16(30)22-24(18(32)33)7-6-14(27)28/h1-5,12-13,25-26H,6-10,19H2,(H,20,29)(H,21,31)(H,22,30)(H,27,28)(H,32,33)/t12-,13-/m0/s1. The number of hydrazine groups is 2. The van der Waals surface area contributed by atoms with Crippen LogP contribution in [0.1, 0.15) is 12.0 Å². The number of hydrogen-bond acceptors (Lipinski definition) is 8. The van der Waals surface area contributed by atoms with Crippen LogP contribution in [0.3, 0.4) is 0 Å². The molecule has 0 unspecified atom stereocenters. The smallest absolute Gasteiger partial charge is 0.426 e. The predicted molar refractivity (Wildman–Crippen MR) is 110 cm³/mol. The van der Waals surface area contributed by atoms with Gasteiger partial charge in [-0.3, -0.25) is 24.8 Å². The van der Waals surface area contributed by atoms with E-state index in [1.54, 1.807) is 30.3 Å². The number of nitrogens with two attached hydrogens (primary N) is 1. The Morgan fingerprint density at radius 2 is 1.48 bits per heavy atom. The third kappa shape index (κ3) is 9.38. The summed E-state index contributed by atoms with van der Waals surface area (Å²) in [6.07, 6.45) is -2.28. The predicted octanol–water partition coefficient (Wildman–Crippen LogP) is -2.60. The molecule has 1 aromatic rings. The Bertz CT molecular complexity index is 838. The van der Waals surface area contributed by atoms with Gasteiger partial charge in [-0.2, -0.15) is 0 Å². The maximum absolute atomic E-state index is 12.4. The summed E-state index contributed by atoms with van der Waals surface area (Å²) in [5, 5.41) is 41.7. The molecule has 0 aromatic heterocycles. The van der Waals surface area contributed by atoms with Gasteiger partial charge in [0.05, 0.1) is 32.7 Å². The molecule has 0 saturated heterocycles. The number of amides is 5. The summed E-state index contributed by atoms with van der Waals surface area (Å²) in [5.74, 6) is 2.10. The first-order chi connectivity index (χ1) is 15.6. The van der Waals surface area contributed by atoms with Crippen LogP contribution < -0.4 is 21.9 Å². The highest BCUT2D eigenvalue weighted by atomic mass is 16.4. The van der Waals surface area contributed by atoms with Crippen molar-refractivity contribution in [1.29, 1.82) is 0 Å². The number of nitrogens with one attached hydrogen (secondary N) is 3. The fourth-order valence-corrected chi connectivity index (χ4v) is 2.36. The molecule has 0 saturated carbocycles. The molecule has 33 heavy (non-hydrogen) atoms. The van der Waals surface area contributed by atoms with Crippen molar-refractivity contribution in [2.45, 2.75) is 25.0 Å². The average Bonchev–Trinajstić information content (AvgIpc) is 2.78. The zero-order chi connectivity index (χ0) is 25.0. The molecule has 2 atom stereocenters. The van der Waals surface area contributed by atoms with Crippen LogP contribution in [0.5, 0.6) is 0 Å². The van der Waals surface area contributed by atoms with Crippen LogP contribution in [-0.2, 0) is 20.9 Å². The fourth-order valence-electron chi connectivity index (χ4n) is 2.36. The lowest BCUT2D eigenvalue weighted by Crippen LogP contribution is -2.60. The van der Waals surface area contributed by atoms with Gasteiger partial charge < -0.3 is 31.1 Å². The van der Waals surface area contributed by atoms with Gasteiger partial charge in [0, 0.05) is 0 Å². The Kier molecular flexibility index (Phi) is 11.0. The van der Waals surface area contributed by atoms with E-state index in [2.05, 4.69) is 5.32 Å². The van der Waals surface area contributed by atoms with Gasteiger partial charge in [0.25, 0.3) is 5.91 Å². The molecule has 9 N–H and O–H groups in total. The van der Waals surface area contributed by atoms with Gasteiger partial charge in [-0.25, -0.2) is 20.4 Å². The molecule has 15 nitrogen and oxygen atoms in total. The van der Waals surface area contributed by atoms with Crippen molar-refractivity contribution in [3.8, 4) is 0 Å². The molecule has 182 valence electrons. The van der Waals surface area contributed by atoms with Crippen molar-refractivity contribution >= 4 is 29.9 Å². The summed E-state index contributed by atoms with van der Waals surface area (Å²) in [7, 11) is 0. The lowest BCUT2D eigenvalue weighted by molar-refractivity contribution is -0.138. The first-order valence-corrected chi connectivity index (χ1v) is 9.50. The highest BCUT2D eigenvalue weighted by molar-refractivity contribution is 5.92. The zero-order valence-corrected chi connectivity index (χ0v) is 17.4. The molecule has 0 aliphatic rings. The van der Waals surface area contributed by atoms with Crippen LogP contribution in [0.2, 0.25) is 0 Å². The quantitative estimate of drug-likeness (QED) is 0.0953. The van der Waals surface area contributed by atoms with E-state index in [0.717, 1.165) is 5.01 Å². The minimum atomic E-state index is -1.67. The number of benzene rings is 1. The number of rotatable bonds is 11. The Hall–Kier alpha value is -3.95. The van der Waals surface area contributed by atoms with Gasteiger partial charge in [0.1, 0.15) is 12.1 Å². The highest BCUT2D eigenvalue weighted by Crippen LogP contribution is 2.02. The minimum Gasteiger partial charge on any atom is -0.481 e. The van der Waals surface area contributed by atoms with Crippen LogP contribution in [0, 0.1) is 0 Å². The minimum absolute atomic E-state index is 0.00449. The topological polar surface area (TPSA) is 235 Å². The molecule has 0 fully saturated rings. The summed E-state index contributed by atoms with van der Waals surface area (Å²) < 4.78 is 0. The fraction of sp³-hybridized carbons (Fsp3) is 0.389. The van der Waals surface area contributed by atoms with Crippen LogP contribution in [-0.4, -0.2) is 92.2 Å². The van der Waals surface area contributed by atoms with E-state index in [0.29, 0.717) is 5.56 Å². The molecule has 1 rings (SSSR count). The number of carboxylic acid groups (broad SMARTS) is 2. The molecule has 0 aliphatic carbocycles. The summed E-state index contributed by atoms with van der Waals surface area (Å²) in [5.41, 5.74) is 2.55. The van der Waals surface area contributed by atoms with Gasteiger partial charge in [-0.1, -0.05) is 30.3 Å². The van der Waals surface area contributed by atoms with E-state index in [1.807, 2.05) is 10.7 Å². The molecule has 0 aliphatic heterocycles. The number of aliphatic hydroxyl groups excluding tert-OH is 2. The molecule has 0 spiro atoms. The Morgan fingerprint density at radius 3 is 2.00 bits per heavy atom. The molecule has 0 heterocycles. The van der Waals surface area contributed by atoms with E-state index < -0.39 is 68.2 Å². The lowest BCUT2D eigenvalue weighted by atomic mass is 10.2. The number of urea groups is 1. The maximum Gasteiger partial charge on any atom is 0.426 e. The number of carboxylic acids is 1. The third-order valence-electron chi connectivity index (χ3n) is 4.09. The number of hydrogen-bond donors (Lipinski definition) is 8. The first-order valence-electron chi connectivity index (χ1n) is 9.50. The summed E-state index contributed by atoms with van der Waals surface area (Å²) in [6.45, 7) is -2.44. The van der Waals surface area contributed by atoms with Crippen molar-refractivity contribution in [2.75, 3.05) is 19.8 Å². The van der Waals surface area contributed by atoms with Crippen LogP contribution >= 0.6 is 0 Å². The van der Waals surface area contributed by atoms with Gasteiger partial charge >= 0.3 is 18.1 Å². The van der Waals surface area contributed by atoms with Crippen molar-refractivity contribution in [3.63, 3.8) is 0 Å². The summed E-state index contributed by atoms with van der Waals surface area (Å²) in [6, 6.07) is 4.53. The van der Waals surface area contributed by atoms with Crippen molar-refractivity contribution < 1.29 is 44.4 Å². The van der Waals surface area contributed by atoms with E-state index in [4.69, 9.17) is 16.1 Å². The highest BCUT2D eigenvalue weighted by Gasteiger charge is 2.28. The van der Waals surface area contributed by atoms with Gasteiger partial charge in [0.15, 0.2) is 0 Å². The largest absolute Gasteiger partial charge is 0.481 e. The van der Waals surface area contributed by atoms with Gasteiger partial charge in [-0.15, -0.1) is 0 Å². The van der Waals surface area contributed by atoms with Crippen molar-refractivity contribution in [2.24, 2.45) is 5.84 Å². The first kappa shape index (κ1) is 27.1. The second-order valence-electron chi connectivity index (χ2n) is 6.60. The van der Waals surface area contributed by atoms with E-state index >= 15 is 0 Å². The number of carbonyl (C=O) groups excluding carboxylic acids is 3. The molecule has 0 bridgehead atoms. The number of nitrogens with zero attached hydrogens (tertiary/aromatic N) is 2. The molecular formula is C18H26N6O9. The number of aliphatic hydroxyl groups is 2. The van der Waals surface area contributed by atoms with Gasteiger partial charge in [0.2, 0.25) is 5.91 Å². The molecule has 15 heteroatoms. The molecular weight excluding hydrogens is 444 g/mol. The number of aliphatic carboxylic acids is 1. The second kappa shape index (κ2) is 13.5.